The minimum atomic E-state index is -0.968. The molecule has 3 N–H and O–H groups in total. The first-order chi connectivity index (χ1) is 21.7. The van der Waals surface area contributed by atoms with Gasteiger partial charge in [0.25, 0.3) is 0 Å². The van der Waals surface area contributed by atoms with Gasteiger partial charge >= 0.3 is 0 Å². The monoisotopic (exact) mass is 634 g/mol. The third kappa shape index (κ3) is 6.82. The van der Waals surface area contributed by atoms with E-state index in [9.17, 15) is 19.1 Å². The van der Waals surface area contributed by atoms with Gasteiger partial charge in [0.15, 0.2) is 0 Å². The molecule has 0 bridgehead atoms. The Bertz CT molecular complexity index is 1450. The molecule has 1 aromatic carbocycles. The molecule has 2 aliphatic carbocycles. The number of hydrogen-bond acceptors (Lipinski definition) is 6. The van der Waals surface area contributed by atoms with Crippen LogP contribution >= 0.6 is 0 Å². The number of hydrogen-bond donors (Lipinski definition) is 3. The van der Waals surface area contributed by atoms with Crippen molar-refractivity contribution >= 4 is 11.8 Å². The zero-order valence-electron chi connectivity index (χ0n) is 28.1. The summed E-state index contributed by atoms with van der Waals surface area (Å²) in [5, 5.41) is 18.4. The molecule has 2 aliphatic heterocycles. The molecule has 1 aromatic heterocycles. The minimum absolute atomic E-state index is 0.0174. The number of pyridine rings is 1. The fourth-order valence-electron chi connectivity index (χ4n) is 7.69. The third-order valence-corrected chi connectivity index (χ3v) is 10.8. The molecule has 2 aromatic rings. The average molecular weight is 635 g/mol. The molecule has 3 heterocycles. The summed E-state index contributed by atoms with van der Waals surface area (Å²) >= 11 is 0. The lowest BCUT2D eigenvalue weighted by Gasteiger charge is -2.47. The van der Waals surface area contributed by atoms with Gasteiger partial charge in [-0.2, -0.15) is 0 Å². The maximum absolute atomic E-state index is 14.2. The summed E-state index contributed by atoms with van der Waals surface area (Å²) in [5.41, 5.74) is 1.86. The Morgan fingerprint density at radius 2 is 1.93 bits per heavy atom. The molecule has 3 fully saturated rings. The number of carbonyl (C=O) groups excluding carboxylic acids is 2. The van der Waals surface area contributed by atoms with E-state index in [0.717, 1.165) is 62.5 Å². The van der Waals surface area contributed by atoms with Crippen LogP contribution in [0.3, 0.4) is 0 Å². The Hall–Kier alpha value is -3.04. The first-order valence-corrected chi connectivity index (χ1v) is 17.2. The van der Waals surface area contributed by atoms with E-state index in [4.69, 9.17) is 9.72 Å². The fraction of sp³-hybridized carbons (Fsp3) is 0.649. The third-order valence-electron chi connectivity index (χ3n) is 10.8. The summed E-state index contributed by atoms with van der Waals surface area (Å²) in [7, 11) is 0. The second kappa shape index (κ2) is 12.5. The van der Waals surface area contributed by atoms with E-state index in [1.54, 1.807) is 12.1 Å². The number of rotatable bonds is 10. The van der Waals surface area contributed by atoms with Gasteiger partial charge < -0.3 is 25.4 Å². The van der Waals surface area contributed by atoms with Crippen LogP contribution in [-0.4, -0.2) is 63.7 Å². The molecule has 9 heteroatoms. The molecule has 8 nitrogen and oxygen atoms in total. The van der Waals surface area contributed by atoms with Crippen LogP contribution in [0.15, 0.2) is 36.5 Å². The number of aliphatic hydroxyl groups excluding tert-OH is 1. The maximum atomic E-state index is 14.2. The van der Waals surface area contributed by atoms with E-state index < -0.39 is 23.5 Å². The Morgan fingerprint density at radius 3 is 2.57 bits per heavy atom. The Labute approximate surface area is 272 Å². The highest BCUT2D eigenvalue weighted by Crippen LogP contribution is 2.48. The summed E-state index contributed by atoms with van der Waals surface area (Å²) in [6, 6.07) is 7.91. The average Bonchev–Trinajstić information content (AvgIpc) is 3.16. The molecule has 1 saturated heterocycles. The SMILES string of the molecule is CC(C)(C)Cc1cnc2c(c1)[C@@H](NC[C@H](O)[C@H](Cc1cccc(F)c1)NC(=O)C1CN(C3CCC3)C(=O)C1(C)C)CC1(CCC1)O2. The lowest BCUT2D eigenvalue weighted by atomic mass is 9.73. The van der Waals surface area contributed by atoms with Crippen molar-refractivity contribution in [3.05, 3.63) is 59.0 Å². The lowest BCUT2D eigenvalue weighted by Crippen LogP contribution is -2.54. The van der Waals surface area contributed by atoms with E-state index in [2.05, 4.69) is 37.5 Å². The van der Waals surface area contributed by atoms with E-state index in [-0.39, 0.29) is 53.7 Å². The van der Waals surface area contributed by atoms with Crippen LogP contribution in [0, 0.1) is 22.6 Å². The topological polar surface area (TPSA) is 104 Å². The van der Waals surface area contributed by atoms with Gasteiger partial charge in [0.1, 0.15) is 11.4 Å². The largest absolute Gasteiger partial charge is 0.471 e. The number of aliphatic hydroxyl groups is 1. The van der Waals surface area contributed by atoms with Gasteiger partial charge in [-0.3, -0.25) is 9.59 Å². The molecular weight excluding hydrogens is 583 g/mol. The van der Waals surface area contributed by atoms with Crippen LogP contribution in [0.2, 0.25) is 0 Å². The lowest BCUT2D eigenvalue weighted by molar-refractivity contribution is -0.140. The van der Waals surface area contributed by atoms with Crippen LogP contribution in [-0.2, 0) is 22.4 Å². The van der Waals surface area contributed by atoms with Crippen LogP contribution in [0.5, 0.6) is 5.88 Å². The Kier molecular flexibility index (Phi) is 8.96. The van der Waals surface area contributed by atoms with Gasteiger partial charge in [-0.25, -0.2) is 9.37 Å². The molecule has 250 valence electrons. The number of carbonyl (C=O) groups is 2. The van der Waals surface area contributed by atoms with Crippen LogP contribution < -0.4 is 15.4 Å². The molecule has 2 saturated carbocycles. The smallest absolute Gasteiger partial charge is 0.229 e. The van der Waals surface area contributed by atoms with Gasteiger partial charge in [-0.1, -0.05) is 46.8 Å². The number of nitrogens with one attached hydrogen (secondary N) is 2. The Morgan fingerprint density at radius 1 is 1.17 bits per heavy atom. The van der Waals surface area contributed by atoms with Gasteiger partial charge in [-0.15, -0.1) is 0 Å². The van der Waals surface area contributed by atoms with E-state index in [0.29, 0.717) is 18.0 Å². The standard InChI is InChI=1S/C37H51FN4O4/c1-35(2,3)18-24-16-27-30(19-37(13-8-14-37)46-33(27)40-20-24)39-21-31(43)29(17-23-9-6-10-25(38)15-23)41-32(44)28-22-42(26-11-7-12-26)34(45)36(28,4)5/h6,9-10,15-16,20,26,28-31,39,43H,7-8,11-14,17-19,21-22H2,1-5H3,(H,41,44)/t28?,29-,30-,31-/m0/s1. The van der Waals surface area contributed by atoms with Gasteiger partial charge in [0.05, 0.1) is 23.5 Å². The van der Waals surface area contributed by atoms with Gasteiger partial charge in [0, 0.05) is 43.4 Å². The first kappa shape index (κ1) is 32.9. The zero-order chi connectivity index (χ0) is 32.9. The molecule has 4 aliphatic rings. The number of halogens is 1. The van der Waals surface area contributed by atoms with Crippen molar-refractivity contribution in [2.45, 2.75) is 122 Å². The number of fused-ring (bicyclic) bond motifs is 1. The number of likely N-dealkylation sites (tertiary alicyclic amines) is 1. The van der Waals surface area contributed by atoms with Crippen molar-refractivity contribution in [1.82, 2.24) is 20.5 Å². The molecule has 46 heavy (non-hydrogen) atoms. The molecule has 1 unspecified atom stereocenters. The quantitative estimate of drug-likeness (QED) is 0.329. The van der Waals surface area contributed by atoms with E-state index in [1.807, 2.05) is 24.9 Å². The van der Waals surface area contributed by atoms with Crippen LogP contribution in [0.25, 0.3) is 0 Å². The number of benzene rings is 1. The second-order valence-corrected chi connectivity index (χ2v) is 16.1. The fourth-order valence-corrected chi connectivity index (χ4v) is 7.69. The van der Waals surface area contributed by atoms with Crippen molar-refractivity contribution in [2.24, 2.45) is 16.7 Å². The summed E-state index contributed by atoms with van der Waals surface area (Å²) in [5.74, 6) is -0.476. The number of nitrogens with zero attached hydrogens (tertiary/aromatic N) is 2. The van der Waals surface area contributed by atoms with Crippen molar-refractivity contribution in [3.8, 4) is 5.88 Å². The Balaban J connectivity index is 1.20. The van der Waals surface area contributed by atoms with Crippen molar-refractivity contribution in [1.29, 1.82) is 0 Å². The summed E-state index contributed by atoms with van der Waals surface area (Å²) in [6.07, 6.45) is 9.00. The predicted octanol–water partition coefficient (Wildman–Crippen LogP) is 5.27. The number of aromatic nitrogens is 1. The molecule has 1 spiro atoms. The minimum Gasteiger partial charge on any atom is -0.471 e. The van der Waals surface area contributed by atoms with Gasteiger partial charge in [-0.05, 0) is 86.1 Å². The van der Waals surface area contributed by atoms with Crippen LogP contribution in [0.1, 0.15) is 102 Å². The van der Waals surface area contributed by atoms with Gasteiger partial charge in [0.2, 0.25) is 17.7 Å². The summed E-state index contributed by atoms with van der Waals surface area (Å²) < 4.78 is 20.6. The number of ether oxygens (including phenoxy) is 1. The van der Waals surface area contributed by atoms with Crippen molar-refractivity contribution in [2.75, 3.05) is 13.1 Å². The summed E-state index contributed by atoms with van der Waals surface area (Å²) in [6.45, 7) is 10.9. The molecule has 2 amide bonds. The normalized spacial score (nSPS) is 24.8. The summed E-state index contributed by atoms with van der Waals surface area (Å²) in [4.78, 5) is 33.8. The highest BCUT2D eigenvalue weighted by Gasteiger charge is 2.53. The zero-order valence-corrected chi connectivity index (χ0v) is 28.1. The molecule has 4 atom stereocenters. The van der Waals surface area contributed by atoms with Crippen LogP contribution in [0.4, 0.5) is 4.39 Å². The highest BCUT2D eigenvalue weighted by molar-refractivity contribution is 5.94. The molecular formula is C37H51FN4O4. The first-order valence-electron chi connectivity index (χ1n) is 17.2. The van der Waals surface area contributed by atoms with E-state index >= 15 is 0 Å². The molecule has 0 radical (unpaired) electrons. The van der Waals surface area contributed by atoms with E-state index in [1.165, 1.54) is 12.1 Å². The number of amides is 2. The maximum Gasteiger partial charge on any atom is 0.229 e. The molecule has 6 rings (SSSR count). The highest BCUT2D eigenvalue weighted by atomic mass is 19.1. The second-order valence-electron chi connectivity index (χ2n) is 16.1. The predicted molar refractivity (Wildman–Crippen MR) is 175 cm³/mol. The van der Waals surface area contributed by atoms with Crippen molar-refractivity contribution in [3.63, 3.8) is 0 Å². The van der Waals surface area contributed by atoms with Crippen molar-refractivity contribution < 1.29 is 23.8 Å².